The number of nitrogen functional groups attached to an aromatic ring is 2. The van der Waals surface area contributed by atoms with Gasteiger partial charge >= 0.3 is 0 Å². The molecule has 0 amide bonds. The van der Waals surface area contributed by atoms with E-state index in [1.165, 1.54) is 24.0 Å². The summed E-state index contributed by atoms with van der Waals surface area (Å²) in [5.41, 5.74) is 13.9. The van der Waals surface area contributed by atoms with E-state index >= 15 is 0 Å². The Morgan fingerprint density at radius 3 is 2.17 bits per heavy atom. The lowest BCUT2D eigenvalue weighted by molar-refractivity contribution is 0.406. The maximum atomic E-state index is 5.62. The molecule has 1 aromatic carbocycles. The Hall–Kier alpha value is -2.21. The van der Waals surface area contributed by atoms with E-state index in [4.69, 9.17) is 11.5 Å². The number of hydrogen-bond acceptors (Lipinski definition) is 6. The van der Waals surface area contributed by atoms with Crippen molar-refractivity contribution in [3.8, 4) is 0 Å². The minimum Gasteiger partial charge on any atom is -0.368 e. The summed E-state index contributed by atoms with van der Waals surface area (Å²) < 4.78 is 0. The molecule has 0 saturated carbocycles. The highest BCUT2D eigenvalue weighted by Gasteiger charge is 2.16. The number of anilines is 2. The van der Waals surface area contributed by atoms with E-state index in [0.717, 1.165) is 6.42 Å². The molecule has 24 heavy (non-hydrogen) atoms. The Balaban J connectivity index is 2.06. The second-order valence-corrected chi connectivity index (χ2v) is 6.42. The number of nitrogens with two attached hydrogens (primary N) is 2. The normalized spacial score (nSPS) is 12.5. The summed E-state index contributed by atoms with van der Waals surface area (Å²) in [5.74, 6) is 1.30. The first-order chi connectivity index (χ1) is 11.5. The predicted octanol–water partition coefficient (Wildman–Crippen LogP) is 2.87. The molecular formula is C18H28N6. The number of aromatic nitrogens is 3. The zero-order valence-electron chi connectivity index (χ0n) is 14.8. The first-order valence-corrected chi connectivity index (χ1v) is 8.57. The van der Waals surface area contributed by atoms with E-state index in [2.05, 4.69) is 65.3 Å². The summed E-state index contributed by atoms with van der Waals surface area (Å²) in [7, 11) is 0. The summed E-state index contributed by atoms with van der Waals surface area (Å²) in [6.45, 7) is 7.10. The zero-order chi connectivity index (χ0) is 17.5. The lowest BCUT2D eigenvalue weighted by Crippen LogP contribution is -2.26. The van der Waals surface area contributed by atoms with Crippen molar-refractivity contribution in [2.75, 3.05) is 11.5 Å². The minimum absolute atomic E-state index is 0.153. The smallest absolute Gasteiger partial charge is 0.225 e. The van der Waals surface area contributed by atoms with Gasteiger partial charge in [0.2, 0.25) is 11.9 Å². The first-order valence-electron chi connectivity index (χ1n) is 8.57. The number of unbranched alkanes of at least 4 members (excludes halogenated alkanes) is 1. The fourth-order valence-corrected chi connectivity index (χ4v) is 2.75. The summed E-state index contributed by atoms with van der Waals surface area (Å²) in [6.07, 6.45) is 3.59. The van der Waals surface area contributed by atoms with Gasteiger partial charge in [0.05, 0.1) is 6.54 Å². The van der Waals surface area contributed by atoms with Gasteiger partial charge < -0.3 is 16.8 Å². The number of aryl methyl sites for hydroxylation is 1. The van der Waals surface area contributed by atoms with Gasteiger partial charge in [0.1, 0.15) is 5.82 Å². The van der Waals surface area contributed by atoms with Gasteiger partial charge in [-0.1, -0.05) is 51.5 Å². The van der Waals surface area contributed by atoms with Crippen LogP contribution in [0, 0.1) is 5.92 Å². The monoisotopic (exact) mass is 328 g/mol. The fraction of sp³-hybridized carbons (Fsp3) is 0.500. The molecule has 0 fully saturated rings. The molecule has 2 rings (SSSR count). The van der Waals surface area contributed by atoms with E-state index in [9.17, 15) is 0 Å². The molecule has 0 radical (unpaired) electrons. The van der Waals surface area contributed by atoms with Crippen LogP contribution in [0.3, 0.4) is 0 Å². The zero-order valence-corrected chi connectivity index (χ0v) is 14.8. The molecule has 1 atom stereocenters. The minimum atomic E-state index is 0.153. The van der Waals surface area contributed by atoms with Gasteiger partial charge in [-0.05, 0) is 29.9 Å². The molecule has 2 aromatic rings. The lowest BCUT2D eigenvalue weighted by atomic mass is 9.94. The molecule has 0 aliphatic heterocycles. The second kappa shape index (κ2) is 8.59. The van der Waals surface area contributed by atoms with Crippen molar-refractivity contribution < 1.29 is 0 Å². The van der Waals surface area contributed by atoms with Crippen LogP contribution in [-0.4, -0.2) is 15.0 Å². The van der Waals surface area contributed by atoms with Crippen LogP contribution in [0.15, 0.2) is 24.3 Å². The summed E-state index contributed by atoms with van der Waals surface area (Å²) in [6, 6.07) is 9.07. The van der Waals surface area contributed by atoms with Gasteiger partial charge in [-0.25, -0.2) is 0 Å². The van der Waals surface area contributed by atoms with Crippen LogP contribution in [0.25, 0.3) is 0 Å². The van der Waals surface area contributed by atoms with Crippen molar-refractivity contribution in [1.82, 2.24) is 20.3 Å². The quantitative estimate of drug-likeness (QED) is 0.688. The fourth-order valence-electron chi connectivity index (χ4n) is 2.75. The highest BCUT2D eigenvalue weighted by atomic mass is 15.2. The van der Waals surface area contributed by atoms with Gasteiger partial charge in [-0.2, -0.15) is 15.0 Å². The molecule has 1 aromatic heterocycles. The molecule has 0 unspecified atom stereocenters. The number of nitrogens with zero attached hydrogens (tertiary/aromatic N) is 3. The van der Waals surface area contributed by atoms with Crippen LogP contribution in [0.4, 0.5) is 11.9 Å². The maximum absolute atomic E-state index is 5.62. The van der Waals surface area contributed by atoms with E-state index < -0.39 is 0 Å². The van der Waals surface area contributed by atoms with Gasteiger partial charge in [0.25, 0.3) is 0 Å². The average molecular weight is 328 g/mol. The first kappa shape index (κ1) is 18.1. The van der Waals surface area contributed by atoms with Crippen LogP contribution >= 0.6 is 0 Å². The van der Waals surface area contributed by atoms with Crippen LogP contribution < -0.4 is 16.8 Å². The third-order valence-electron chi connectivity index (χ3n) is 4.02. The number of hydrogen-bond donors (Lipinski definition) is 3. The summed E-state index contributed by atoms with van der Waals surface area (Å²) >= 11 is 0. The van der Waals surface area contributed by atoms with Gasteiger partial charge in [-0.3, -0.25) is 0 Å². The Morgan fingerprint density at radius 1 is 1.00 bits per heavy atom. The van der Waals surface area contributed by atoms with Gasteiger partial charge in [0.15, 0.2) is 0 Å². The van der Waals surface area contributed by atoms with Crippen LogP contribution in [0.2, 0.25) is 0 Å². The predicted molar refractivity (Wildman–Crippen MR) is 98.1 cm³/mol. The summed E-state index contributed by atoms with van der Waals surface area (Å²) in [5, 5.41) is 3.50. The van der Waals surface area contributed by atoms with E-state index in [0.29, 0.717) is 18.3 Å². The Labute approximate surface area is 144 Å². The maximum Gasteiger partial charge on any atom is 0.225 e. The lowest BCUT2D eigenvalue weighted by Gasteiger charge is -2.23. The Morgan fingerprint density at radius 2 is 1.62 bits per heavy atom. The standard InChI is InChI=1S/C18H28N6/c1-4-5-6-13-7-9-14(10-8-13)16(12(2)3)21-11-15-22-17(19)24-18(20)23-15/h7-10,12,16,21H,4-6,11H2,1-3H3,(H4,19,20,22,23,24)/t16-/m0/s1. The highest BCUT2D eigenvalue weighted by molar-refractivity contribution is 5.27. The Kier molecular flexibility index (Phi) is 6.49. The molecule has 5 N–H and O–H groups in total. The van der Waals surface area contributed by atoms with Crippen LogP contribution in [0.1, 0.15) is 56.6 Å². The Bertz CT molecular complexity index is 618. The molecule has 0 spiro atoms. The van der Waals surface area contributed by atoms with Crippen molar-refractivity contribution in [2.45, 2.75) is 52.6 Å². The van der Waals surface area contributed by atoms with Crippen LogP contribution in [-0.2, 0) is 13.0 Å². The number of benzene rings is 1. The second-order valence-electron chi connectivity index (χ2n) is 6.42. The largest absolute Gasteiger partial charge is 0.368 e. The van der Waals surface area contributed by atoms with Gasteiger partial charge in [-0.15, -0.1) is 0 Å². The van der Waals surface area contributed by atoms with Crippen molar-refractivity contribution >= 4 is 11.9 Å². The molecule has 0 aliphatic carbocycles. The molecule has 0 saturated heterocycles. The van der Waals surface area contributed by atoms with Crippen molar-refractivity contribution in [1.29, 1.82) is 0 Å². The highest BCUT2D eigenvalue weighted by Crippen LogP contribution is 2.23. The molecule has 0 bridgehead atoms. The number of nitrogens with one attached hydrogen (secondary N) is 1. The number of rotatable bonds is 8. The van der Waals surface area contributed by atoms with Crippen LogP contribution in [0.5, 0.6) is 0 Å². The summed E-state index contributed by atoms with van der Waals surface area (Å²) in [4.78, 5) is 12.0. The van der Waals surface area contributed by atoms with E-state index in [1.54, 1.807) is 0 Å². The molecular weight excluding hydrogens is 300 g/mol. The van der Waals surface area contributed by atoms with E-state index in [1.807, 2.05) is 0 Å². The molecule has 0 aliphatic rings. The third-order valence-corrected chi connectivity index (χ3v) is 4.02. The van der Waals surface area contributed by atoms with Gasteiger partial charge in [0, 0.05) is 6.04 Å². The van der Waals surface area contributed by atoms with Crippen molar-refractivity contribution in [2.24, 2.45) is 5.92 Å². The SMILES string of the molecule is CCCCc1ccc([C@@H](NCc2nc(N)nc(N)n2)C(C)C)cc1. The topological polar surface area (TPSA) is 103 Å². The van der Waals surface area contributed by atoms with Crippen molar-refractivity contribution in [3.63, 3.8) is 0 Å². The molecule has 6 heteroatoms. The van der Waals surface area contributed by atoms with Crippen molar-refractivity contribution in [3.05, 3.63) is 41.2 Å². The third kappa shape index (κ3) is 5.16. The van der Waals surface area contributed by atoms with E-state index in [-0.39, 0.29) is 17.9 Å². The molecule has 6 nitrogen and oxygen atoms in total. The molecule has 1 heterocycles. The molecule has 130 valence electrons. The average Bonchev–Trinajstić information content (AvgIpc) is 2.53.